The van der Waals surface area contributed by atoms with Gasteiger partial charge >= 0.3 is 0 Å². The maximum atomic E-state index is 10.8. The van der Waals surface area contributed by atoms with Crippen LogP contribution < -0.4 is 4.74 Å². The fourth-order valence-corrected chi connectivity index (χ4v) is 2.85. The van der Waals surface area contributed by atoms with Crippen molar-refractivity contribution in [1.82, 2.24) is 9.78 Å². The number of aromatic hydroxyl groups is 1. The minimum Gasteiger partial charge on any atom is -0.504 e. The Hall–Kier alpha value is -2.75. The molecular weight excluding hydrogens is 312 g/mol. The number of hydrogen-bond acceptors (Lipinski definition) is 3. The summed E-state index contributed by atoms with van der Waals surface area (Å²) in [6, 6.07) is 15.8. The predicted octanol–water partition coefficient (Wildman–Crippen LogP) is 4.90. The highest BCUT2D eigenvalue weighted by atomic mass is 16.5. The van der Waals surface area contributed by atoms with Gasteiger partial charge in [-0.1, -0.05) is 43.2 Å². The van der Waals surface area contributed by atoms with Gasteiger partial charge in [-0.15, -0.1) is 0 Å². The lowest BCUT2D eigenvalue weighted by Crippen LogP contribution is -2.00. The first-order chi connectivity index (χ1) is 12.1. The number of aromatic nitrogens is 2. The van der Waals surface area contributed by atoms with Crippen LogP contribution in [0.1, 0.15) is 31.0 Å². The Morgan fingerprint density at radius 3 is 2.32 bits per heavy atom. The molecule has 0 aliphatic heterocycles. The second kappa shape index (κ2) is 7.43. The zero-order valence-electron chi connectivity index (χ0n) is 15.0. The van der Waals surface area contributed by atoms with Crippen LogP contribution in [0.15, 0.2) is 48.5 Å². The molecule has 0 fully saturated rings. The van der Waals surface area contributed by atoms with Gasteiger partial charge in [0.1, 0.15) is 17.1 Å². The molecule has 2 aromatic carbocycles. The Balaban J connectivity index is 2.12. The van der Waals surface area contributed by atoms with E-state index in [4.69, 9.17) is 9.84 Å². The van der Waals surface area contributed by atoms with Crippen LogP contribution in [0.25, 0.3) is 16.9 Å². The topological polar surface area (TPSA) is 47.3 Å². The van der Waals surface area contributed by atoms with Crippen LogP contribution >= 0.6 is 0 Å². The van der Waals surface area contributed by atoms with Gasteiger partial charge in [-0.05, 0) is 44.0 Å². The molecule has 1 aromatic heterocycles. The first kappa shape index (κ1) is 17.1. The van der Waals surface area contributed by atoms with Crippen molar-refractivity contribution >= 4 is 0 Å². The van der Waals surface area contributed by atoms with Crippen LogP contribution in [0.5, 0.6) is 11.5 Å². The molecule has 0 spiro atoms. The van der Waals surface area contributed by atoms with E-state index in [-0.39, 0.29) is 5.75 Å². The van der Waals surface area contributed by atoms with E-state index >= 15 is 0 Å². The van der Waals surface area contributed by atoms with Gasteiger partial charge in [0.25, 0.3) is 0 Å². The summed E-state index contributed by atoms with van der Waals surface area (Å²) in [6.45, 7) is 4.19. The Bertz CT molecular complexity index is 834. The van der Waals surface area contributed by atoms with Crippen LogP contribution in [0.4, 0.5) is 0 Å². The van der Waals surface area contributed by atoms with E-state index in [2.05, 4.69) is 13.8 Å². The second-order valence-electron chi connectivity index (χ2n) is 6.22. The summed E-state index contributed by atoms with van der Waals surface area (Å²) >= 11 is 0. The third-order valence-corrected chi connectivity index (χ3v) is 4.34. The lowest BCUT2D eigenvalue weighted by Gasteiger charge is -2.09. The number of rotatable bonds is 6. The number of aryl methyl sites for hydroxylation is 2. The zero-order valence-corrected chi connectivity index (χ0v) is 15.0. The summed E-state index contributed by atoms with van der Waals surface area (Å²) in [4.78, 5) is 0. The third-order valence-electron chi connectivity index (χ3n) is 4.34. The molecule has 0 amide bonds. The monoisotopic (exact) mass is 336 g/mol. The Labute approximate surface area is 148 Å². The quantitative estimate of drug-likeness (QED) is 0.696. The largest absolute Gasteiger partial charge is 0.504 e. The third kappa shape index (κ3) is 3.53. The van der Waals surface area contributed by atoms with Crippen LogP contribution in [-0.4, -0.2) is 22.0 Å². The molecule has 0 saturated heterocycles. The molecular formula is C21H24N2O2. The van der Waals surface area contributed by atoms with Crippen molar-refractivity contribution in [2.45, 2.75) is 33.1 Å². The van der Waals surface area contributed by atoms with Crippen molar-refractivity contribution < 1.29 is 9.84 Å². The first-order valence-electron chi connectivity index (χ1n) is 8.66. The zero-order chi connectivity index (χ0) is 17.8. The molecule has 0 saturated carbocycles. The molecule has 1 N–H and O–H groups in total. The summed E-state index contributed by atoms with van der Waals surface area (Å²) in [5.74, 6) is 1.07. The predicted molar refractivity (Wildman–Crippen MR) is 101 cm³/mol. The van der Waals surface area contributed by atoms with Crippen LogP contribution in [0.3, 0.4) is 0 Å². The van der Waals surface area contributed by atoms with E-state index in [1.165, 1.54) is 5.56 Å². The number of hydrogen-bond donors (Lipinski definition) is 1. The van der Waals surface area contributed by atoms with Gasteiger partial charge in [0.2, 0.25) is 0 Å². The number of unbranched alkanes of at least 4 members (excludes halogenated alkanes) is 1. The van der Waals surface area contributed by atoms with Crippen molar-refractivity contribution in [3.63, 3.8) is 0 Å². The number of benzene rings is 2. The number of ether oxygens (including phenoxy) is 1. The van der Waals surface area contributed by atoms with E-state index in [1.807, 2.05) is 53.2 Å². The lowest BCUT2D eigenvalue weighted by molar-refractivity contribution is 0.414. The molecule has 3 rings (SSSR count). The summed E-state index contributed by atoms with van der Waals surface area (Å²) in [7, 11) is 1.65. The molecule has 0 bridgehead atoms. The Morgan fingerprint density at radius 2 is 1.72 bits per heavy atom. The van der Waals surface area contributed by atoms with Crippen LogP contribution in [0.2, 0.25) is 0 Å². The van der Waals surface area contributed by atoms with Crippen molar-refractivity contribution in [1.29, 1.82) is 0 Å². The second-order valence-corrected chi connectivity index (χ2v) is 6.22. The fourth-order valence-electron chi connectivity index (χ4n) is 2.85. The van der Waals surface area contributed by atoms with E-state index in [1.54, 1.807) is 7.11 Å². The van der Waals surface area contributed by atoms with Crippen LogP contribution in [0, 0.1) is 6.92 Å². The summed E-state index contributed by atoms with van der Waals surface area (Å²) in [5, 5.41) is 15.5. The van der Waals surface area contributed by atoms with E-state index in [0.717, 1.165) is 47.7 Å². The van der Waals surface area contributed by atoms with Crippen molar-refractivity contribution in [3.05, 3.63) is 59.8 Å². The van der Waals surface area contributed by atoms with Gasteiger partial charge in [0.05, 0.1) is 12.8 Å². The van der Waals surface area contributed by atoms with E-state index in [0.29, 0.717) is 0 Å². The molecule has 130 valence electrons. The SMILES string of the molecule is CCCCc1nn(-c2ccc(OC)cc2)c(-c2ccc(C)cc2)c1O. The molecule has 0 atom stereocenters. The highest BCUT2D eigenvalue weighted by Crippen LogP contribution is 2.35. The summed E-state index contributed by atoms with van der Waals surface area (Å²) in [5.41, 5.74) is 4.51. The van der Waals surface area contributed by atoms with Gasteiger partial charge in [0.15, 0.2) is 5.75 Å². The van der Waals surface area contributed by atoms with Gasteiger partial charge < -0.3 is 9.84 Å². The average Bonchev–Trinajstić information content (AvgIpc) is 2.97. The van der Waals surface area contributed by atoms with E-state index < -0.39 is 0 Å². The molecule has 4 heteroatoms. The molecule has 1 heterocycles. The average molecular weight is 336 g/mol. The van der Waals surface area contributed by atoms with Crippen molar-refractivity contribution in [3.8, 4) is 28.4 Å². The standard InChI is InChI=1S/C21H24N2O2/c1-4-5-6-19-21(24)20(16-9-7-15(2)8-10-16)23(22-19)17-11-13-18(25-3)14-12-17/h7-14,24H,4-6H2,1-3H3. The highest BCUT2D eigenvalue weighted by Gasteiger charge is 2.19. The lowest BCUT2D eigenvalue weighted by atomic mass is 10.1. The number of nitrogens with zero attached hydrogens (tertiary/aromatic N) is 2. The molecule has 0 aliphatic carbocycles. The Morgan fingerprint density at radius 1 is 1.04 bits per heavy atom. The normalized spacial score (nSPS) is 10.8. The summed E-state index contributed by atoms with van der Waals surface area (Å²) < 4.78 is 7.06. The molecule has 4 nitrogen and oxygen atoms in total. The van der Waals surface area contributed by atoms with Crippen molar-refractivity contribution in [2.24, 2.45) is 0 Å². The number of methoxy groups -OCH3 is 1. The molecule has 3 aromatic rings. The smallest absolute Gasteiger partial charge is 0.165 e. The van der Waals surface area contributed by atoms with Crippen LogP contribution in [-0.2, 0) is 6.42 Å². The Kier molecular flexibility index (Phi) is 5.08. The van der Waals surface area contributed by atoms with Gasteiger partial charge in [0, 0.05) is 5.56 Å². The van der Waals surface area contributed by atoms with Crippen molar-refractivity contribution in [2.75, 3.05) is 7.11 Å². The molecule has 0 aliphatic rings. The van der Waals surface area contributed by atoms with E-state index in [9.17, 15) is 5.11 Å². The maximum Gasteiger partial charge on any atom is 0.165 e. The molecule has 25 heavy (non-hydrogen) atoms. The fraction of sp³-hybridized carbons (Fsp3) is 0.286. The highest BCUT2D eigenvalue weighted by molar-refractivity contribution is 5.70. The minimum absolute atomic E-state index is 0.271. The molecule has 0 unspecified atom stereocenters. The minimum atomic E-state index is 0.271. The van der Waals surface area contributed by atoms with Gasteiger partial charge in [-0.25, -0.2) is 4.68 Å². The molecule has 0 radical (unpaired) electrons. The van der Waals surface area contributed by atoms with Gasteiger partial charge in [-0.3, -0.25) is 0 Å². The first-order valence-corrected chi connectivity index (χ1v) is 8.66. The van der Waals surface area contributed by atoms with Gasteiger partial charge in [-0.2, -0.15) is 5.10 Å². The maximum absolute atomic E-state index is 10.8. The summed E-state index contributed by atoms with van der Waals surface area (Å²) in [6.07, 6.45) is 2.83.